The zero-order valence-electron chi connectivity index (χ0n) is 13.7. The first kappa shape index (κ1) is 16.7. The van der Waals surface area contributed by atoms with Crippen LogP contribution in [0.25, 0.3) is 0 Å². The molecular weight excluding hydrogens is 304 g/mol. The van der Waals surface area contributed by atoms with E-state index < -0.39 is 0 Å². The molecule has 0 spiro atoms. The fraction of sp³-hybridized carbons (Fsp3) is 0.444. The molecule has 3 N–H and O–H groups in total. The van der Waals surface area contributed by atoms with Crippen molar-refractivity contribution in [3.63, 3.8) is 0 Å². The Morgan fingerprint density at radius 2 is 1.92 bits per heavy atom. The number of aliphatic hydroxyl groups is 2. The van der Waals surface area contributed by atoms with E-state index in [-0.39, 0.29) is 19.3 Å². The monoisotopic (exact) mass is 328 g/mol. The van der Waals surface area contributed by atoms with E-state index in [2.05, 4.69) is 20.2 Å². The van der Waals surface area contributed by atoms with Crippen LogP contribution < -0.4 is 10.2 Å². The Kier molecular flexibility index (Phi) is 5.61. The van der Waals surface area contributed by atoms with Crippen molar-refractivity contribution < 1.29 is 10.2 Å². The van der Waals surface area contributed by atoms with Crippen LogP contribution in [0.5, 0.6) is 0 Å². The Balaban J connectivity index is 1.56. The van der Waals surface area contributed by atoms with Gasteiger partial charge in [-0.2, -0.15) is 0 Å². The highest BCUT2D eigenvalue weighted by molar-refractivity contribution is 5.50. The molecule has 1 aliphatic rings. The van der Waals surface area contributed by atoms with Crippen LogP contribution in [-0.4, -0.2) is 45.9 Å². The summed E-state index contributed by atoms with van der Waals surface area (Å²) in [4.78, 5) is 10.8. The molecule has 0 radical (unpaired) electrons. The predicted molar refractivity (Wildman–Crippen MR) is 94.0 cm³/mol. The van der Waals surface area contributed by atoms with Crippen LogP contribution in [-0.2, 0) is 13.0 Å². The number of aromatic nitrogens is 2. The first-order chi connectivity index (χ1) is 11.8. The van der Waals surface area contributed by atoms with Gasteiger partial charge in [0.2, 0.25) is 0 Å². The molecule has 24 heavy (non-hydrogen) atoms. The van der Waals surface area contributed by atoms with Crippen molar-refractivity contribution in [1.29, 1.82) is 0 Å². The first-order valence-electron chi connectivity index (χ1n) is 8.42. The maximum Gasteiger partial charge on any atom is 0.134 e. The van der Waals surface area contributed by atoms with Gasteiger partial charge < -0.3 is 20.4 Å². The number of aliphatic hydroxyl groups excluding tert-OH is 2. The van der Waals surface area contributed by atoms with Gasteiger partial charge in [-0.15, -0.1) is 0 Å². The highest BCUT2D eigenvalue weighted by atomic mass is 16.3. The molecule has 1 fully saturated rings. The molecule has 128 valence electrons. The van der Waals surface area contributed by atoms with Crippen LogP contribution in [0.2, 0.25) is 0 Å². The van der Waals surface area contributed by atoms with E-state index in [0.29, 0.717) is 0 Å². The smallest absolute Gasteiger partial charge is 0.134 e. The molecule has 6 heteroatoms. The van der Waals surface area contributed by atoms with Crippen LogP contribution in [0.4, 0.5) is 11.6 Å². The summed E-state index contributed by atoms with van der Waals surface area (Å²) < 4.78 is 0. The van der Waals surface area contributed by atoms with E-state index in [1.165, 1.54) is 5.56 Å². The molecule has 0 bridgehead atoms. The Hall–Kier alpha value is -2.18. The largest absolute Gasteiger partial charge is 0.394 e. The topological polar surface area (TPSA) is 81.5 Å². The Morgan fingerprint density at radius 1 is 1.12 bits per heavy atom. The maximum absolute atomic E-state index is 9.46. The van der Waals surface area contributed by atoms with Gasteiger partial charge in [0.25, 0.3) is 0 Å². The third kappa shape index (κ3) is 4.01. The van der Waals surface area contributed by atoms with Gasteiger partial charge >= 0.3 is 0 Å². The lowest BCUT2D eigenvalue weighted by Crippen LogP contribution is -2.32. The summed E-state index contributed by atoms with van der Waals surface area (Å²) in [6.45, 7) is 1.95. The van der Waals surface area contributed by atoms with Crippen molar-refractivity contribution in [1.82, 2.24) is 9.97 Å². The van der Waals surface area contributed by atoms with Crippen LogP contribution in [0.3, 0.4) is 0 Å². The summed E-state index contributed by atoms with van der Waals surface area (Å²) in [7, 11) is 0. The zero-order valence-corrected chi connectivity index (χ0v) is 13.7. The molecule has 1 aliphatic heterocycles. The molecule has 1 aromatic heterocycles. The molecule has 3 rings (SSSR count). The van der Waals surface area contributed by atoms with Gasteiger partial charge in [0, 0.05) is 19.2 Å². The van der Waals surface area contributed by atoms with Crippen molar-refractivity contribution >= 4 is 11.6 Å². The second-order valence-corrected chi connectivity index (χ2v) is 6.08. The summed E-state index contributed by atoms with van der Waals surface area (Å²) in [5.74, 6) is 1.67. The fourth-order valence-corrected chi connectivity index (χ4v) is 3.07. The lowest BCUT2D eigenvalue weighted by molar-refractivity contribution is 0.266. The minimum absolute atomic E-state index is 0.0770. The summed E-state index contributed by atoms with van der Waals surface area (Å²) in [6.07, 6.45) is 4.55. The molecular formula is C18H24N4O2. The van der Waals surface area contributed by atoms with Gasteiger partial charge in [0.05, 0.1) is 19.3 Å². The lowest BCUT2D eigenvalue weighted by atomic mass is 10.1. The van der Waals surface area contributed by atoms with E-state index in [1.807, 2.05) is 30.3 Å². The lowest BCUT2D eigenvalue weighted by Gasteiger charge is -2.24. The van der Waals surface area contributed by atoms with E-state index in [1.54, 1.807) is 6.33 Å². The van der Waals surface area contributed by atoms with Crippen molar-refractivity contribution in [2.24, 2.45) is 0 Å². The first-order valence-corrected chi connectivity index (χ1v) is 8.42. The quantitative estimate of drug-likeness (QED) is 0.716. The number of hydrogen-bond donors (Lipinski definition) is 3. The minimum Gasteiger partial charge on any atom is -0.394 e. The third-order valence-electron chi connectivity index (χ3n) is 4.46. The number of nitrogens with zero attached hydrogens (tertiary/aromatic N) is 3. The van der Waals surface area contributed by atoms with Gasteiger partial charge in [0.1, 0.15) is 18.0 Å². The number of nitrogens with one attached hydrogen (secondary N) is 1. The summed E-state index contributed by atoms with van der Waals surface area (Å²) in [5, 5.41) is 21.8. The number of anilines is 2. The van der Waals surface area contributed by atoms with Gasteiger partial charge in [-0.3, -0.25) is 0 Å². The van der Waals surface area contributed by atoms with Crippen LogP contribution in [0, 0.1) is 0 Å². The Morgan fingerprint density at radius 3 is 2.67 bits per heavy atom. The van der Waals surface area contributed by atoms with E-state index >= 15 is 0 Å². The molecule has 2 aromatic rings. The second-order valence-electron chi connectivity index (χ2n) is 6.08. The normalized spacial score (nSPS) is 17.2. The molecule has 1 saturated heterocycles. The average Bonchev–Trinajstić information content (AvgIpc) is 3.11. The Bertz CT molecular complexity index is 648. The van der Waals surface area contributed by atoms with Gasteiger partial charge in [-0.25, -0.2) is 9.97 Å². The van der Waals surface area contributed by atoms with E-state index in [4.69, 9.17) is 5.11 Å². The van der Waals surface area contributed by atoms with Crippen molar-refractivity contribution in [3.8, 4) is 0 Å². The van der Waals surface area contributed by atoms with Gasteiger partial charge in [0.15, 0.2) is 0 Å². The third-order valence-corrected chi connectivity index (χ3v) is 4.46. The highest BCUT2D eigenvalue weighted by Crippen LogP contribution is 2.24. The zero-order chi connectivity index (χ0) is 16.8. The fourth-order valence-electron chi connectivity index (χ4n) is 3.07. The van der Waals surface area contributed by atoms with Crippen molar-refractivity contribution in [3.05, 3.63) is 47.8 Å². The highest BCUT2D eigenvalue weighted by Gasteiger charge is 2.25. The van der Waals surface area contributed by atoms with Crippen LogP contribution in [0.1, 0.15) is 24.0 Å². The van der Waals surface area contributed by atoms with Crippen LogP contribution >= 0.6 is 0 Å². The summed E-state index contributed by atoms with van der Waals surface area (Å²) in [6, 6.07) is 10.1. The predicted octanol–water partition coefficient (Wildman–Crippen LogP) is 1.58. The van der Waals surface area contributed by atoms with Gasteiger partial charge in [-0.05, 0) is 30.4 Å². The maximum atomic E-state index is 9.46. The van der Waals surface area contributed by atoms with Crippen LogP contribution in [0.15, 0.2) is 36.7 Å². The average molecular weight is 328 g/mol. The molecule has 6 nitrogen and oxygen atoms in total. The molecule has 0 amide bonds. The summed E-state index contributed by atoms with van der Waals surface area (Å²) in [5.41, 5.74) is 2.14. The standard InChI is InChI=1S/C18H24N4O2/c23-11-15-5-3-14(4-6-15)7-8-19-17-10-18(21-13-20-17)22-9-1-2-16(22)12-24/h3-6,10,13,16,23-24H,1-2,7-9,11-12H2,(H,19,20,21). The molecule has 2 heterocycles. The summed E-state index contributed by atoms with van der Waals surface area (Å²) >= 11 is 0. The second kappa shape index (κ2) is 8.08. The van der Waals surface area contributed by atoms with E-state index in [0.717, 1.165) is 49.6 Å². The minimum atomic E-state index is 0.0770. The molecule has 1 aromatic carbocycles. The number of rotatable bonds is 7. The Labute approximate surface area is 142 Å². The van der Waals surface area contributed by atoms with Gasteiger partial charge in [-0.1, -0.05) is 24.3 Å². The number of benzene rings is 1. The molecule has 0 saturated carbocycles. The van der Waals surface area contributed by atoms with Crippen molar-refractivity contribution in [2.75, 3.05) is 29.9 Å². The molecule has 1 atom stereocenters. The van der Waals surface area contributed by atoms with E-state index in [9.17, 15) is 5.11 Å². The molecule has 0 aliphatic carbocycles. The van der Waals surface area contributed by atoms with Crippen molar-refractivity contribution in [2.45, 2.75) is 31.9 Å². The number of hydrogen-bond acceptors (Lipinski definition) is 6. The molecule has 1 unspecified atom stereocenters. The SMILES string of the molecule is OCc1ccc(CCNc2cc(N3CCCC3CO)ncn2)cc1.